The van der Waals surface area contributed by atoms with Crippen LogP contribution in [-0.2, 0) is 0 Å². The molecule has 0 fully saturated rings. The van der Waals surface area contributed by atoms with E-state index in [4.69, 9.17) is 0 Å². The topological polar surface area (TPSA) is 70.7 Å². The Balaban J connectivity index is 1.81. The minimum absolute atomic E-state index is 0.308. The van der Waals surface area contributed by atoms with E-state index in [1.807, 2.05) is 31.2 Å². The number of anilines is 2. The van der Waals surface area contributed by atoms with Gasteiger partial charge < -0.3 is 5.32 Å². The molecular weight excluding hydrogens is 331 g/mol. The van der Waals surface area contributed by atoms with E-state index in [2.05, 4.69) is 20.3 Å². The maximum absolute atomic E-state index is 13.2. The van der Waals surface area contributed by atoms with Crippen LogP contribution >= 0.6 is 0 Å². The number of nitrogens with zero attached hydrogens (tertiary/aromatic N) is 2. The normalized spacial score (nSPS) is 10.8. The average molecular weight is 346 g/mol. The Hall–Kier alpha value is -3.54. The zero-order valence-electron chi connectivity index (χ0n) is 14.0. The number of halogens is 1. The fraction of sp³-hybridized carbons (Fsp3) is 0.0500. The van der Waals surface area contributed by atoms with Crippen molar-refractivity contribution < 1.29 is 4.39 Å². The Bertz CT molecular complexity index is 1150. The Labute approximate surface area is 148 Å². The van der Waals surface area contributed by atoms with Crippen molar-refractivity contribution in [2.45, 2.75) is 6.92 Å². The zero-order chi connectivity index (χ0) is 18.1. The highest BCUT2D eigenvalue weighted by Crippen LogP contribution is 2.25. The molecule has 128 valence electrons. The van der Waals surface area contributed by atoms with Crippen molar-refractivity contribution in [2.24, 2.45) is 0 Å². The first-order chi connectivity index (χ1) is 12.6. The third-order valence-corrected chi connectivity index (χ3v) is 4.04. The Morgan fingerprint density at radius 3 is 2.65 bits per heavy atom. The quantitative estimate of drug-likeness (QED) is 0.584. The molecule has 4 aromatic rings. The third-order valence-electron chi connectivity index (χ3n) is 4.04. The van der Waals surface area contributed by atoms with Gasteiger partial charge in [-0.3, -0.25) is 9.78 Å². The van der Waals surface area contributed by atoms with Crippen LogP contribution in [0.25, 0.3) is 22.2 Å². The maximum Gasteiger partial charge on any atom is 0.262 e. The predicted molar refractivity (Wildman–Crippen MR) is 100 cm³/mol. The lowest BCUT2D eigenvalue weighted by atomic mass is 10.0. The largest absolute Gasteiger partial charge is 0.326 e. The van der Waals surface area contributed by atoms with Gasteiger partial charge in [0.2, 0.25) is 5.95 Å². The van der Waals surface area contributed by atoms with Gasteiger partial charge in [-0.15, -0.1) is 0 Å². The molecule has 2 aromatic carbocycles. The lowest BCUT2D eigenvalue weighted by molar-refractivity contribution is 0.628. The van der Waals surface area contributed by atoms with Crippen molar-refractivity contribution in [3.05, 3.63) is 82.5 Å². The molecule has 6 heteroatoms. The zero-order valence-corrected chi connectivity index (χ0v) is 14.0. The van der Waals surface area contributed by atoms with Crippen molar-refractivity contribution in [2.75, 3.05) is 5.32 Å². The molecule has 26 heavy (non-hydrogen) atoms. The van der Waals surface area contributed by atoms with Gasteiger partial charge in [0, 0.05) is 11.9 Å². The molecule has 0 saturated heterocycles. The van der Waals surface area contributed by atoms with Gasteiger partial charge in [-0.25, -0.2) is 9.37 Å². The Morgan fingerprint density at radius 1 is 1.08 bits per heavy atom. The van der Waals surface area contributed by atoms with Crippen molar-refractivity contribution in [1.29, 1.82) is 0 Å². The van der Waals surface area contributed by atoms with Crippen molar-refractivity contribution >= 4 is 22.7 Å². The van der Waals surface area contributed by atoms with Crippen LogP contribution in [0.2, 0.25) is 0 Å². The maximum atomic E-state index is 13.2. The molecule has 0 unspecified atom stereocenters. The molecule has 4 rings (SSSR count). The molecule has 0 radical (unpaired) electrons. The van der Waals surface area contributed by atoms with Crippen LogP contribution < -0.4 is 10.9 Å². The van der Waals surface area contributed by atoms with Gasteiger partial charge in [-0.05, 0) is 53.9 Å². The molecule has 2 heterocycles. The number of H-pyrrole nitrogens is 1. The van der Waals surface area contributed by atoms with Crippen LogP contribution in [0.3, 0.4) is 0 Å². The summed E-state index contributed by atoms with van der Waals surface area (Å²) in [6.07, 6.45) is 1.59. The van der Waals surface area contributed by atoms with E-state index in [9.17, 15) is 9.18 Å². The van der Waals surface area contributed by atoms with E-state index in [1.165, 1.54) is 12.1 Å². The number of nitrogens with one attached hydrogen (secondary N) is 2. The number of rotatable bonds is 3. The summed E-state index contributed by atoms with van der Waals surface area (Å²) in [5.41, 5.74) is 3.32. The molecule has 0 bridgehead atoms. The monoisotopic (exact) mass is 346 g/mol. The second kappa shape index (κ2) is 6.40. The summed E-state index contributed by atoms with van der Waals surface area (Å²) < 4.78 is 13.2. The van der Waals surface area contributed by atoms with Gasteiger partial charge in [0.25, 0.3) is 5.56 Å². The third kappa shape index (κ3) is 3.04. The summed E-state index contributed by atoms with van der Waals surface area (Å²) in [5, 5.41) is 3.46. The molecule has 2 aromatic heterocycles. The van der Waals surface area contributed by atoms with Crippen molar-refractivity contribution in [1.82, 2.24) is 15.0 Å². The van der Waals surface area contributed by atoms with Gasteiger partial charge in [0.15, 0.2) is 5.65 Å². The summed E-state index contributed by atoms with van der Waals surface area (Å²) in [5.74, 6) is -0.0133. The first kappa shape index (κ1) is 16.0. The number of fused-ring (bicyclic) bond motifs is 1. The van der Waals surface area contributed by atoms with Gasteiger partial charge in [0.05, 0.1) is 5.39 Å². The number of hydrogen-bond acceptors (Lipinski definition) is 4. The summed E-state index contributed by atoms with van der Waals surface area (Å²) in [6, 6.07) is 15.4. The van der Waals surface area contributed by atoms with E-state index < -0.39 is 0 Å². The first-order valence-electron chi connectivity index (χ1n) is 8.09. The van der Waals surface area contributed by atoms with E-state index >= 15 is 0 Å². The lowest BCUT2D eigenvalue weighted by Crippen LogP contribution is -2.13. The van der Waals surface area contributed by atoms with Crippen molar-refractivity contribution in [3.8, 4) is 11.1 Å². The second-order valence-electron chi connectivity index (χ2n) is 5.97. The standard InChI is InChI=1S/C20H15FN4O/c1-12-3-2-4-15(11-12)23-20-24-18-17(19(26)25-20)16(9-10-22-18)13-5-7-14(21)8-6-13/h2-11H,1H3,(H2,22,23,24,25,26). The molecule has 0 aliphatic rings. The van der Waals surface area contributed by atoms with E-state index in [0.29, 0.717) is 22.5 Å². The van der Waals surface area contributed by atoms with Crippen LogP contribution in [0.1, 0.15) is 5.56 Å². The number of aromatic amines is 1. The molecule has 0 aliphatic carbocycles. The number of benzene rings is 2. The molecule has 0 aliphatic heterocycles. The molecule has 5 nitrogen and oxygen atoms in total. The van der Waals surface area contributed by atoms with Gasteiger partial charge in [0.1, 0.15) is 5.82 Å². The van der Waals surface area contributed by atoms with Gasteiger partial charge in [-0.2, -0.15) is 4.98 Å². The lowest BCUT2D eigenvalue weighted by Gasteiger charge is -2.09. The van der Waals surface area contributed by atoms with Gasteiger partial charge >= 0.3 is 0 Å². The van der Waals surface area contributed by atoms with Crippen molar-refractivity contribution in [3.63, 3.8) is 0 Å². The molecule has 0 amide bonds. The molecule has 0 atom stereocenters. The first-order valence-corrected chi connectivity index (χ1v) is 8.09. The average Bonchev–Trinajstić information content (AvgIpc) is 2.62. The number of aromatic nitrogens is 3. The highest BCUT2D eigenvalue weighted by atomic mass is 19.1. The SMILES string of the molecule is Cc1cccc(Nc2nc3nccc(-c4ccc(F)cc4)c3c(=O)[nH]2)c1. The summed E-state index contributed by atoms with van der Waals surface area (Å²) >= 11 is 0. The second-order valence-corrected chi connectivity index (χ2v) is 5.97. The highest BCUT2D eigenvalue weighted by Gasteiger charge is 2.11. The minimum Gasteiger partial charge on any atom is -0.326 e. The number of aryl methyl sites for hydroxylation is 1. The fourth-order valence-electron chi connectivity index (χ4n) is 2.85. The highest BCUT2D eigenvalue weighted by molar-refractivity contribution is 5.92. The molecule has 2 N–H and O–H groups in total. The molecular formula is C20H15FN4O. The van der Waals surface area contributed by atoms with Gasteiger partial charge in [-0.1, -0.05) is 24.3 Å². The van der Waals surface area contributed by atoms with Crippen LogP contribution in [-0.4, -0.2) is 15.0 Å². The van der Waals surface area contributed by atoms with E-state index in [1.54, 1.807) is 24.4 Å². The summed E-state index contributed by atoms with van der Waals surface area (Å²) in [4.78, 5) is 24.0. The number of hydrogen-bond donors (Lipinski definition) is 2. The molecule has 0 saturated carbocycles. The van der Waals surface area contributed by atoms with E-state index in [-0.39, 0.29) is 11.4 Å². The fourth-order valence-corrected chi connectivity index (χ4v) is 2.85. The Morgan fingerprint density at radius 2 is 1.88 bits per heavy atom. The smallest absolute Gasteiger partial charge is 0.262 e. The predicted octanol–water partition coefficient (Wildman–Crippen LogP) is 4.18. The Kier molecular flexibility index (Phi) is 3.93. The number of pyridine rings is 1. The van der Waals surface area contributed by atoms with Crippen LogP contribution in [0.5, 0.6) is 0 Å². The van der Waals surface area contributed by atoms with Crippen LogP contribution in [0, 0.1) is 12.7 Å². The summed E-state index contributed by atoms with van der Waals surface area (Å²) in [7, 11) is 0. The molecule has 0 spiro atoms. The van der Waals surface area contributed by atoms with Crippen LogP contribution in [0.15, 0.2) is 65.6 Å². The summed E-state index contributed by atoms with van der Waals surface area (Å²) in [6.45, 7) is 1.98. The van der Waals surface area contributed by atoms with E-state index in [0.717, 1.165) is 16.8 Å². The minimum atomic E-state index is -0.330. The van der Waals surface area contributed by atoms with Crippen LogP contribution in [0.4, 0.5) is 16.0 Å².